The molecule has 0 aromatic carbocycles. The van der Waals surface area contributed by atoms with Crippen molar-refractivity contribution < 1.29 is 5.11 Å². The fraction of sp³-hybridized carbons (Fsp3) is 0.833. The molecule has 0 saturated heterocycles. The van der Waals surface area contributed by atoms with Crippen LogP contribution in [0, 0.1) is 17.8 Å². The summed E-state index contributed by atoms with van der Waals surface area (Å²) in [5.41, 5.74) is 1.32. The molecule has 2 fully saturated rings. The highest BCUT2D eigenvalue weighted by Gasteiger charge is 2.36. The number of aliphatic hydroxyl groups is 1. The first-order valence-electron chi connectivity index (χ1n) is 5.54. The topological polar surface area (TPSA) is 20.2 Å². The van der Waals surface area contributed by atoms with E-state index in [9.17, 15) is 5.11 Å². The van der Waals surface area contributed by atoms with Crippen LogP contribution in [-0.4, -0.2) is 11.2 Å². The summed E-state index contributed by atoms with van der Waals surface area (Å²) in [5.74, 6) is 2.25. The van der Waals surface area contributed by atoms with Crippen LogP contribution >= 0.6 is 0 Å². The molecular formula is C12H20O. The number of fused-ring (bicyclic) bond motifs is 1. The molecule has 2 aliphatic rings. The Morgan fingerprint density at radius 1 is 1.38 bits per heavy atom. The number of rotatable bonds is 0. The molecule has 0 heterocycles. The first-order chi connectivity index (χ1) is 6.18. The van der Waals surface area contributed by atoms with E-state index in [0.717, 1.165) is 24.7 Å². The summed E-state index contributed by atoms with van der Waals surface area (Å²) < 4.78 is 0. The maximum atomic E-state index is 9.72. The van der Waals surface area contributed by atoms with Crippen LogP contribution in [0.1, 0.15) is 39.0 Å². The zero-order chi connectivity index (χ0) is 9.42. The second kappa shape index (κ2) is 3.45. The number of aliphatic hydroxyl groups excluding tert-OH is 1. The SMILES string of the molecule is C=C1CC(O)C[C@H](C)[C@H]2CCC[C@@H]12. The van der Waals surface area contributed by atoms with Gasteiger partial charge < -0.3 is 5.11 Å². The molecular weight excluding hydrogens is 160 g/mol. The molecule has 0 bridgehead atoms. The minimum absolute atomic E-state index is 0.118. The predicted octanol–water partition coefficient (Wildman–Crippen LogP) is 2.75. The van der Waals surface area contributed by atoms with Gasteiger partial charge in [0.25, 0.3) is 0 Å². The Kier molecular flexibility index (Phi) is 2.46. The van der Waals surface area contributed by atoms with Crippen molar-refractivity contribution in [2.45, 2.75) is 45.1 Å². The van der Waals surface area contributed by atoms with E-state index >= 15 is 0 Å². The van der Waals surface area contributed by atoms with Crippen LogP contribution in [0.3, 0.4) is 0 Å². The van der Waals surface area contributed by atoms with E-state index in [1.807, 2.05) is 0 Å². The lowest BCUT2D eigenvalue weighted by Gasteiger charge is -2.23. The van der Waals surface area contributed by atoms with E-state index in [0.29, 0.717) is 5.92 Å². The molecule has 4 atom stereocenters. The molecule has 2 rings (SSSR count). The van der Waals surface area contributed by atoms with Gasteiger partial charge in [-0.25, -0.2) is 0 Å². The quantitative estimate of drug-likeness (QED) is 0.568. The summed E-state index contributed by atoms with van der Waals surface area (Å²) in [6, 6.07) is 0. The van der Waals surface area contributed by atoms with Gasteiger partial charge in [0.2, 0.25) is 0 Å². The lowest BCUT2D eigenvalue weighted by Crippen LogP contribution is -2.16. The third-order valence-corrected chi connectivity index (χ3v) is 3.97. The maximum absolute atomic E-state index is 9.72. The number of hydrogen-bond acceptors (Lipinski definition) is 1. The number of hydrogen-bond donors (Lipinski definition) is 1. The highest BCUT2D eigenvalue weighted by Crippen LogP contribution is 2.45. The third-order valence-electron chi connectivity index (χ3n) is 3.97. The minimum Gasteiger partial charge on any atom is -0.393 e. The van der Waals surface area contributed by atoms with E-state index in [1.165, 1.54) is 24.8 Å². The van der Waals surface area contributed by atoms with E-state index in [1.54, 1.807) is 0 Å². The van der Waals surface area contributed by atoms with Crippen LogP contribution in [0.15, 0.2) is 12.2 Å². The Morgan fingerprint density at radius 2 is 2.15 bits per heavy atom. The molecule has 0 spiro atoms. The zero-order valence-electron chi connectivity index (χ0n) is 8.50. The highest BCUT2D eigenvalue weighted by atomic mass is 16.3. The second-order valence-corrected chi connectivity index (χ2v) is 4.93. The predicted molar refractivity (Wildman–Crippen MR) is 54.4 cm³/mol. The second-order valence-electron chi connectivity index (χ2n) is 4.93. The molecule has 0 aliphatic heterocycles. The molecule has 1 heteroatoms. The minimum atomic E-state index is -0.118. The molecule has 2 saturated carbocycles. The first kappa shape index (κ1) is 9.26. The van der Waals surface area contributed by atoms with E-state index < -0.39 is 0 Å². The van der Waals surface area contributed by atoms with Crippen LogP contribution < -0.4 is 0 Å². The van der Waals surface area contributed by atoms with Crippen LogP contribution in [0.2, 0.25) is 0 Å². The van der Waals surface area contributed by atoms with Crippen molar-refractivity contribution in [3.63, 3.8) is 0 Å². The van der Waals surface area contributed by atoms with Gasteiger partial charge in [-0.2, -0.15) is 0 Å². The molecule has 0 aromatic heterocycles. The average molecular weight is 180 g/mol. The van der Waals surface area contributed by atoms with Gasteiger partial charge in [0.15, 0.2) is 0 Å². The van der Waals surface area contributed by atoms with Crippen molar-refractivity contribution in [1.82, 2.24) is 0 Å². The van der Waals surface area contributed by atoms with Gasteiger partial charge in [-0.05, 0) is 43.4 Å². The van der Waals surface area contributed by atoms with Crippen LogP contribution in [-0.2, 0) is 0 Å². The molecule has 1 nitrogen and oxygen atoms in total. The van der Waals surface area contributed by atoms with E-state index in [-0.39, 0.29) is 6.10 Å². The molecule has 2 aliphatic carbocycles. The van der Waals surface area contributed by atoms with E-state index in [4.69, 9.17) is 0 Å². The van der Waals surface area contributed by atoms with Crippen molar-refractivity contribution in [3.8, 4) is 0 Å². The fourth-order valence-electron chi connectivity index (χ4n) is 3.32. The summed E-state index contributed by atoms with van der Waals surface area (Å²) in [5, 5.41) is 9.72. The van der Waals surface area contributed by atoms with Gasteiger partial charge in [0.05, 0.1) is 6.10 Å². The van der Waals surface area contributed by atoms with Crippen molar-refractivity contribution in [2.75, 3.05) is 0 Å². The Balaban J connectivity index is 2.16. The van der Waals surface area contributed by atoms with Gasteiger partial charge >= 0.3 is 0 Å². The lowest BCUT2D eigenvalue weighted by atomic mass is 9.82. The molecule has 13 heavy (non-hydrogen) atoms. The van der Waals surface area contributed by atoms with Crippen LogP contribution in [0.25, 0.3) is 0 Å². The van der Waals surface area contributed by atoms with Gasteiger partial charge in [-0.1, -0.05) is 25.5 Å². The Morgan fingerprint density at radius 3 is 2.92 bits per heavy atom. The summed E-state index contributed by atoms with van der Waals surface area (Å²) >= 11 is 0. The van der Waals surface area contributed by atoms with Gasteiger partial charge in [0.1, 0.15) is 0 Å². The largest absolute Gasteiger partial charge is 0.393 e. The average Bonchev–Trinajstić information content (AvgIpc) is 2.47. The summed E-state index contributed by atoms with van der Waals surface area (Å²) in [6.45, 7) is 6.44. The summed E-state index contributed by atoms with van der Waals surface area (Å²) in [7, 11) is 0. The van der Waals surface area contributed by atoms with Crippen molar-refractivity contribution >= 4 is 0 Å². The van der Waals surface area contributed by atoms with Gasteiger partial charge in [0, 0.05) is 0 Å². The third kappa shape index (κ3) is 1.67. The van der Waals surface area contributed by atoms with Gasteiger partial charge in [-0.15, -0.1) is 0 Å². The van der Waals surface area contributed by atoms with Crippen molar-refractivity contribution in [3.05, 3.63) is 12.2 Å². The Hall–Kier alpha value is -0.300. The molecule has 0 aromatic rings. The normalized spacial score (nSPS) is 45.8. The van der Waals surface area contributed by atoms with Crippen molar-refractivity contribution in [1.29, 1.82) is 0 Å². The summed E-state index contributed by atoms with van der Waals surface area (Å²) in [4.78, 5) is 0. The Bertz CT molecular complexity index is 209. The first-order valence-corrected chi connectivity index (χ1v) is 5.54. The van der Waals surface area contributed by atoms with Crippen LogP contribution in [0.4, 0.5) is 0 Å². The lowest BCUT2D eigenvalue weighted by molar-refractivity contribution is 0.141. The highest BCUT2D eigenvalue weighted by molar-refractivity contribution is 5.09. The fourth-order valence-corrected chi connectivity index (χ4v) is 3.32. The van der Waals surface area contributed by atoms with Crippen molar-refractivity contribution in [2.24, 2.45) is 17.8 Å². The zero-order valence-corrected chi connectivity index (χ0v) is 8.50. The molecule has 1 unspecified atom stereocenters. The summed E-state index contributed by atoms with van der Waals surface area (Å²) in [6.07, 6.45) is 5.77. The molecule has 0 radical (unpaired) electrons. The molecule has 74 valence electrons. The monoisotopic (exact) mass is 180 g/mol. The molecule has 1 N–H and O–H groups in total. The smallest absolute Gasteiger partial charge is 0.0580 e. The van der Waals surface area contributed by atoms with Gasteiger partial charge in [-0.3, -0.25) is 0 Å². The maximum Gasteiger partial charge on any atom is 0.0580 e. The van der Waals surface area contributed by atoms with Crippen LogP contribution in [0.5, 0.6) is 0 Å². The van der Waals surface area contributed by atoms with E-state index in [2.05, 4.69) is 13.5 Å². The molecule has 0 amide bonds. The Labute approximate surface area is 80.8 Å². The standard InChI is InChI=1S/C12H20O/c1-8-6-10(13)7-9(2)12-5-3-4-11(8)12/h9-13H,1,3-7H2,2H3/t9-,10?,11-,12+/m0/s1.